The Morgan fingerprint density at radius 3 is 2.82 bits per heavy atom. The third-order valence-corrected chi connectivity index (χ3v) is 4.29. The van der Waals surface area contributed by atoms with Crippen LogP contribution in [0.2, 0.25) is 0 Å². The molecule has 2 N–H and O–H groups in total. The molecule has 2 aromatic rings. The van der Waals surface area contributed by atoms with Gasteiger partial charge in [-0.1, -0.05) is 6.92 Å². The molecule has 3 rings (SSSR count). The lowest BCUT2D eigenvalue weighted by molar-refractivity contribution is 0.717. The van der Waals surface area contributed by atoms with E-state index < -0.39 is 0 Å². The Labute approximate surface area is 104 Å². The number of aryl methyl sites for hydroxylation is 2. The molecule has 2 heterocycles. The van der Waals surface area contributed by atoms with Gasteiger partial charge in [0.2, 0.25) is 0 Å². The van der Waals surface area contributed by atoms with Crippen molar-refractivity contribution in [2.75, 3.05) is 5.73 Å². The third-order valence-electron chi connectivity index (χ3n) is 3.18. The number of nitrogens with two attached hydrogens (primary N) is 1. The molecule has 90 valence electrons. The van der Waals surface area contributed by atoms with E-state index in [9.17, 15) is 0 Å². The highest BCUT2D eigenvalue weighted by Crippen LogP contribution is 2.41. The Kier molecular flexibility index (Phi) is 2.43. The summed E-state index contributed by atoms with van der Waals surface area (Å²) in [6, 6.07) is 2.74. The molecule has 0 radical (unpaired) electrons. The predicted octanol–water partition coefficient (Wildman–Crippen LogP) is 2.79. The first-order valence-corrected chi connectivity index (χ1v) is 6.82. The maximum absolute atomic E-state index is 6.09. The molecule has 0 aliphatic heterocycles. The molecule has 1 fully saturated rings. The van der Waals surface area contributed by atoms with Crippen molar-refractivity contribution in [3.8, 4) is 11.4 Å². The Hall–Kier alpha value is -1.36. The van der Waals surface area contributed by atoms with Crippen LogP contribution in [-0.2, 0) is 6.42 Å². The van der Waals surface area contributed by atoms with E-state index in [1.165, 1.54) is 17.7 Å². The topological polar surface area (TPSA) is 56.7 Å². The number of rotatable bonds is 3. The standard InChI is InChI=1S/C12H16N4S/c1-3-9-6-10(11(13)17-9)12-15-14-7(2)16(12)8-4-5-8/h6,8H,3-5,13H2,1-2H3. The molecular weight excluding hydrogens is 232 g/mol. The lowest BCUT2D eigenvalue weighted by atomic mass is 10.2. The fraction of sp³-hybridized carbons (Fsp3) is 0.500. The number of hydrogen-bond donors (Lipinski definition) is 1. The van der Waals surface area contributed by atoms with E-state index in [0.29, 0.717) is 6.04 Å². The van der Waals surface area contributed by atoms with Gasteiger partial charge < -0.3 is 10.3 Å². The molecule has 0 amide bonds. The van der Waals surface area contributed by atoms with E-state index in [1.54, 1.807) is 11.3 Å². The molecular formula is C12H16N4S. The second-order valence-electron chi connectivity index (χ2n) is 4.52. The quantitative estimate of drug-likeness (QED) is 0.908. The van der Waals surface area contributed by atoms with Crippen LogP contribution in [0.15, 0.2) is 6.07 Å². The van der Waals surface area contributed by atoms with Crippen LogP contribution in [0.1, 0.15) is 36.5 Å². The van der Waals surface area contributed by atoms with Crippen molar-refractivity contribution in [1.82, 2.24) is 14.8 Å². The van der Waals surface area contributed by atoms with Gasteiger partial charge >= 0.3 is 0 Å². The smallest absolute Gasteiger partial charge is 0.167 e. The van der Waals surface area contributed by atoms with E-state index in [1.807, 2.05) is 6.92 Å². The molecule has 0 saturated heterocycles. The minimum absolute atomic E-state index is 0.587. The highest BCUT2D eigenvalue weighted by molar-refractivity contribution is 7.16. The molecule has 0 aromatic carbocycles. The van der Waals surface area contributed by atoms with E-state index in [-0.39, 0.29) is 0 Å². The van der Waals surface area contributed by atoms with Crippen LogP contribution in [0.25, 0.3) is 11.4 Å². The average Bonchev–Trinajstić information content (AvgIpc) is 2.98. The maximum Gasteiger partial charge on any atom is 0.167 e. The van der Waals surface area contributed by atoms with E-state index >= 15 is 0 Å². The van der Waals surface area contributed by atoms with Crippen LogP contribution in [0.5, 0.6) is 0 Å². The van der Waals surface area contributed by atoms with Crippen LogP contribution in [0.4, 0.5) is 5.00 Å². The summed E-state index contributed by atoms with van der Waals surface area (Å²) in [5.74, 6) is 1.93. The number of nitrogens with zero attached hydrogens (tertiary/aromatic N) is 3. The minimum Gasteiger partial charge on any atom is -0.390 e. The Balaban J connectivity index is 2.11. The molecule has 0 bridgehead atoms. The summed E-state index contributed by atoms with van der Waals surface area (Å²) in [6.07, 6.45) is 3.48. The molecule has 1 aliphatic rings. The molecule has 5 heteroatoms. The fourth-order valence-electron chi connectivity index (χ4n) is 2.13. The molecule has 1 saturated carbocycles. The molecule has 0 spiro atoms. The van der Waals surface area contributed by atoms with Crippen LogP contribution in [-0.4, -0.2) is 14.8 Å². The lowest BCUT2D eigenvalue weighted by Gasteiger charge is -2.05. The van der Waals surface area contributed by atoms with Crippen LogP contribution in [0.3, 0.4) is 0 Å². The van der Waals surface area contributed by atoms with E-state index in [0.717, 1.165) is 28.6 Å². The zero-order valence-electron chi connectivity index (χ0n) is 10.1. The number of hydrogen-bond acceptors (Lipinski definition) is 4. The third kappa shape index (κ3) is 1.74. The second kappa shape index (κ2) is 3.84. The normalized spacial score (nSPS) is 15.4. The van der Waals surface area contributed by atoms with Crippen LogP contribution < -0.4 is 5.73 Å². The van der Waals surface area contributed by atoms with Gasteiger partial charge in [-0.15, -0.1) is 21.5 Å². The number of nitrogen functional groups attached to an aromatic ring is 1. The van der Waals surface area contributed by atoms with Gasteiger partial charge in [0.15, 0.2) is 5.82 Å². The van der Waals surface area contributed by atoms with Gasteiger partial charge in [-0.25, -0.2) is 0 Å². The van der Waals surface area contributed by atoms with Gasteiger partial charge in [-0.05, 0) is 32.3 Å². The number of thiophene rings is 1. The van der Waals surface area contributed by atoms with Gasteiger partial charge in [0.1, 0.15) is 5.82 Å². The zero-order chi connectivity index (χ0) is 12.0. The Morgan fingerprint density at radius 2 is 2.24 bits per heavy atom. The largest absolute Gasteiger partial charge is 0.390 e. The van der Waals surface area contributed by atoms with Gasteiger partial charge in [-0.2, -0.15) is 0 Å². The highest BCUT2D eigenvalue weighted by atomic mass is 32.1. The Morgan fingerprint density at radius 1 is 1.47 bits per heavy atom. The average molecular weight is 248 g/mol. The molecule has 0 unspecified atom stereocenters. The summed E-state index contributed by atoms with van der Waals surface area (Å²) < 4.78 is 2.23. The summed E-state index contributed by atoms with van der Waals surface area (Å²) >= 11 is 1.66. The monoisotopic (exact) mass is 248 g/mol. The van der Waals surface area contributed by atoms with Crippen molar-refractivity contribution in [2.45, 2.75) is 39.2 Å². The predicted molar refractivity (Wildman–Crippen MR) is 70.1 cm³/mol. The van der Waals surface area contributed by atoms with Crippen molar-refractivity contribution < 1.29 is 0 Å². The summed E-state index contributed by atoms with van der Waals surface area (Å²) in [5.41, 5.74) is 7.14. The SMILES string of the molecule is CCc1cc(-c2nnc(C)n2C2CC2)c(N)s1. The van der Waals surface area contributed by atoms with Gasteiger partial charge in [0, 0.05) is 10.9 Å². The minimum atomic E-state index is 0.587. The van der Waals surface area contributed by atoms with E-state index in [2.05, 4.69) is 27.8 Å². The van der Waals surface area contributed by atoms with Crippen molar-refractivity contribution in [3.05, 3.63) is 16.8 Å². The first-order chi connectivity index (χ1) is 8.20. The molecule has 4 nitrogen and oxygen atoms in total. The first kappa shape index (κ1) is 10.8. The molecule has 2 aromatic heterocycles. The van der Waals surface area contributed by atoms with Gasteiger partial charge in [-0.3, -0.25) is 0 Å². The van der Waals surface area contributed by atoms with Gasteiger partial charge in [0.25, 0.3) is 0 Å². The van der Waals surface area contributed by atoms with Crippen LogP contribution >= 0.6 is 11.3 Å². The molecule has 17 heavy (non-hydrogen) atoms. The summed E-state index contributed by atoms with van der Waals surface area (Å²) in [7, 11) is 0. The van der Waals surface area contributed by atoms with Crippen molar-refractivity contribution in [2.24, 2.45) is 0 Å². The maximum atomic E-state index is 6.09. The number of anilines is 1. The lowest BCUT2D eigenvalue weighted by Crippen LogP contribution is -2.00. The summed E-state index contributed by atoms with van der Waals surface area (Å²) in [5, 5.41) is 9.35. The summed E-state index contributed by atoms with van der Waals surface area (Å²) in [6.45, 7) is 4.16. The van der Waals surface area contributed by atoms with Crippen molar-refractivity contribution in [3.63, 3.8) is 0 Å². The number of aromatic nitrogens is 3. The van der Waals surface area contributed by atoms with Crippen LogP contribution in [0, 0.1) is 6.92 Å². The van der Waals surface area contributed by atoms with Gasteiger partial charge in [0.05, 0.1) is 10.6 Å². The van der Waals surface area contributed by atoms with Crippen molar-refractivity contribution in [1.29, 1.82) is 0 Å². The second-order valence-corrected chi connectivity index (χ2v) is 5.68. The molecule has 1 aliphatic carbocycles. The first-order valence-electron chi connectivity index (χ1n) is 6.00. The zero-order valence-corrected chi connectivity index (χ0v) is 10.9. The summed E-state index contributed by atoms with van der Waals surface area (Å²) in [4.78, 5) is 1.31. The Bertz CT molecular complexity index is 551. The molecule has 0 atom stereocenters. The van der Waals surface area contributed by atoms with E-state index in [4.69, 9.17) is 5.73 Å². The fourth-order valence-corrected chi connectivity index (χ4v) is 2.99. The highest BCUT2D eigenvalue weighted by Gasteiger charge is 2.29. The van der Waals surface area contributed by atoms with Crippen molar-refractivity contribution >= 4 is 16.3 Å².